The molecule has 0 saturated heterocycles. The van der Waals surface area contributed by atoms with Gasteiger partial charge in [0, 0.05) is 10.5 Å². The van der Waals surface area contributed by atoms with Crippen LogP contribution in [0.5, 0.6) is 11.5 Å². The topological polar surface area (TPSA) is 35.5 Å². The monoisotopic (exact) mass is 414 g/mol. The molecule has 3 nitrogen and oxygen atoms in total. The first kappa shape index (κ1) is 23.3. The summed E-state index contributed by atoms with van der Waals surface area (Å²) in [6.07, 6.45) is 9.53. The van der Waals surface area contributed by atoms with Gasteiger partial charge in [-0.1, -0.05) is 52.4 Å². The SMILES string of the molecule is CCCCCCOc1ccc(SC(=O)c2ccc(OCCCCCC)cc2)cc1. The molecule has 0 amide bonds. The van der Waals surface area contributed by atoms with Gasteiger partial charge in [-0.15, -0.1) is 0 Å². The Morgan fingerprint density at radius 1 is 0.690 bits per heavy atom. The van der Waals surface area contributed by atoms with E-state index in [4.69, 9.17) is 9.47 Å². The Morgan fingerprint density at radius 2 is 1.17 bits per heavy atom. The second-order valence-corrected chi connectivity index (χ2v) is 8.25. The molecule has 0 aliphatic rings. The molecular formula is C25H34O3S. The largest absolute Gasteiger partial charge is 0.494 e. The number of thioether (sulfide) groups is 1. The second kappa shape index (κ2) is 14.1. The van der Waals surface area contributed by atoms with Crippen LogP contribution in [0.1, 0.15) is 75.6 Å². The van der Waals surface area contributed by atoms with Crippen molar-refractivity contribution in [3.8, 4) is 11.5 Å². The van der Waals surface area contributed by atoms with Gasteiger partial charge in [-0.2, -0.15) is 0 Å². The van der Waals surface area contributed by atoms with E-state index in [-0.39, 0.29) is 5.12 Å². The van der Waals surface area contributed by atoms with Crippen molar-refractivity contribution < 1.29 is 14.3 Å². The van der Waals surface area contributed by atoms with Crippen molar-refractivity contribution in [2.75, 3.05) is 13.2 Å². The first-order chi connectivity index (χ1) is 14.2. The van der Waals surface area contributed by atoms with Crippen LogP contribution in [0.15, 0.2) is 53.4 Å². The summed E-state index contributed by atoms with van der Waals surface area (Å²) in [5, 5.41) is 0.0349. The quantitative estimate of drug-likeness (QED) is 0.236. The molecule has 0 fully saturated rings. The zero-order valence-electron chi connectivity index (χ0n) is 17.8. The number of rotatable bonds is 14. The standard InChI is InChI=1S/C25H34O3S/c1-3-5-7-9-19-27-22-13-11-21(12-14-22)25(26)29-24-17-15-23(16-18-24)28-20-10-8-6-4-2/h11-18H,3-10,19-20H2,1-2H3. The van der Waals surface area contributed by atoms with E-state index in [9.17, 15) is 4.79 Å². The third kappa shape index (κ3) is 9.40. The van der Waals surface area contributed by atoms with Crippen LogP contribution in [-0.2, 0) is 0 Å². The minimum atomic E-state index is 0.0349. The van der Waals surface area contributed by atoms with Crippen molar-refractivity contribution in [3.63, 3.8) is 0 Å². The van der Waals surface area contributed by atoms with Gasteiger partial charge in [0.05, 0.1) is 13.2 Å². The smallest absolute Gasteiger partial charge is 0.224 e. The van der Waals surface area contributed by atoms with Crippen LogP contribution >= 0.6 is 11.8 Å². The summed E-state index contributed by atoms with van der Waals surface area (Å²) < 4.78 is 11.5. The van der Waals surface area contributed by atoms with Gasteiger partial charge in [-0.25, -0.2) is 0 Å². The fraction of sp³-hybridized carbons (Fsp3) is 0.480. The second-order valence-electron chi connectivity index (χ2n) is 7.20. The molecule has 0 N–H and O–H groups in total. The Labute approximate surface area is 180 Å². The summed E-state index contributed by atoms with van der Waals surface area (Å²) in [6.45, 7) is 5.89. The molecule has 0 saturated carbocycles. The van der Waals surface area contributed by atoms with Crippen molar-refractivity contribution in [3.05, 3.63) is 54.1 Å². The van der Waals surface area contributed by atoms with Gasteiger partial charge in [0.1, 0.15) is 11.5 Å². The van der Waals surface area contributed by atoms with Gasteiger partial charge in [-0.3, -0.25) is 4.79 Å². The lowest BCUT2D eigenvalue weighted by Gasteiger charge is -2.08. The van der Waals surface area contributed by atoms with E-state index in [1.54, 1.807) is 0 Å². The molecule has 158 valence electrons. The fourth-order valence-corrected chi connectivity index (χ4v) is 3.64. The van der Waals surface area contributed by atoms with Crippen LogP contribution in [0.2, 0.25) is 0 Å². The van der Waals surface area contributed by atoms with E-state index in [1.165, 1.54) is 50.3 Å². The molecule has 0 unspecified atom stereocenters. The highest BCUT2D eigenvalue weighted by molar-refractivity contribution is 8.14. The van der Waals surface area contributed by atoms with Crippen molar-refractivity contribution in [2.24, 2.45) is 0 Å². The van der Waals surface area contributed by atoms with Gasteiger partial charge < -0.3 is 9.47 Å². The zero-order chi connectivity index (χ0) is 20.7. The maximum Gasteiger partial charge on any atom is 0.224 e. The third-order valence-corrected chi connectivity index (χ3v) is 5.59. The summed E-state index contributed by atoms with van der Waals surface area (Å²) in [7, 11) is 0. The summed E-state index contributed by atoms with van der Waals surface area (Å²) in [6, 6.07) is 15.2. The number of hydrogen-bond donors (Lipinski definition) is 0. The fourth-order valence-electron chi connectivity index (χ4n) is 2.89. The minimum Gasteiger partial charge on any atom is -0.494 e. The molecule has 0 aliphatic heterocycles. The summed E-state index contributed by atoms with van der Waals surface area (Å²) in [4.78, 5) is 13.4. The van der Waals surface area contributed by atoms with E-state index in [0.717, 1.165) is 42.4 Å². The molecule has 0 atom stereocenters. The molecule has 0 spiro atoms. The lowest BCUT2D eigenvalue weighted by Crippen LogP contribution is -1.98. The van der Waals surface area contributed by atoms with E-state index >= 15 is 0 Å². The highest BCUT2D eigenvalue weighted by Crippen LogP contribution is 2.26. The highest BCUT2D eigenvalue weighted by Gasteiger charge is 2.09. The Morgan fingerprint density at radius 3 is 1.66 bits per heavy atom. The molecule has 0 heterocycles. The van der Waals surface area contributed by atoms with Crippen molar-refractivity contribution in [1.29, 1.82) is 0 Å². The number of carbonyl (C=O) groups is 1. The van der Waals surface area contributed by atoms with E-state index in [0.29, 0.717) is 5.56 Å². The molecule has 2 rings (SSSR count). The first-order valence-electron chi connectivity index (χ1n) is 10.9. The number of hydrogen-bond acceptors (Lipinski definition) is 4. The highest BCUT2D eigenvalue weighted by atomic mass is 32.2. The molecule has 2 aromatic carbocycles. The maximum atomic E-state index is 12.5. The number of carbonyl (C=O) groups excluding carboxylic acids is 1. The van der Waals surface area contributed by atoms with Crippen LogP contribution in [0.25, 0.3) is 0 Å². The molecule has 0 aliphatic carbocycles. The van der Waals surface area contributed by atoms with Crippen LogP contribution in [0, 0.1) is 0 Å². The molecule has 0 aromatic heterocycles. The number of unbranched alkanes of at least 4 members (excludes halogenated alkanes) is 6. The van der Waals surface area contributed by atoms with Gasteiger partial charge in [0.25, 0.3) is 0 Å². The van der Waals surface area contributed by atoms with Crippen molar-refractivity contribution >= 4 is 16.9 Å². The Bertz CT molecular complexity index is 695. The predicted octanol–water partition coefficient (Wildman–Crippen LogP) is 7.54. The molecule has 4 heteroatoms. The van der Waals surface area contributed by atoms with Gasteiger partial charge in [-0.05, 0) is 73.1 Å². The Balaban J connectivity index is 1.74. The van der Waals surface area contributed by atoms with Crippen LogP contribution in [0.3, 0.4) is 0 Å². The van der Waals surface area contributed by atoms with E-state index < -0.39 is 0 Å². The van der Waals surface area contributed by atoms with Crippen LogP contribution < -0.4 is 9.47 Å². The molecular weight excluding hydrogens is 380 g/mol. The van der Waals surface area contributed by atoms with Crippen LogP contribution in [-0.4, -0.2) is 18.3 Å². The van der Waals surface area contributed by atoms with Gasteiger partial charge in [0.15, 0.2) is 0 Å². The molecule has 0 radical (unpaired) electrons. The van der Waals surface area contributed by atoms with Gasteiger partial charge >= 0.3 is 0 Å². The van der Waals surface area contributed by atoms with Crippen molar-refractivity contribution in [2.45, 2.75) is 70.1 Å². The first-order valence-corrected chi connectivity index (χ1v) is 11.7. The summed E-state index contributed by atoms with van der Waals surface area (Å²) >= 11 is 1.24. The molecule has 0 bridgehead atoms. The maximum absolute atomic E-state index is 12.5. The lowest BCUT2D eigenvalue weighted by molar-refractivity contribution is 0.108. The lowest BCUT2D eigenvalue weighted by atomic mass is 10.2. The zero-order valence-corrected chi connectivity index (χ0v) is 18.6. The Kier molecular flexibility index (Phi) is 11.4. The average molecular weight is 415 g/mol. The van der Waals surface area contributed by atoms with E-state index in [1.807, 2.05) is 48.5 Å². The normalized spacial score (nSPS) is 10.7. The minimum absolute atomic E-state index is 0.0349. The van der Waals surface area contributed by atoms with Crippen LogP contribution in [0.4, 0.5) is 0 Å². The molecule has 29 heavy (non-hydrogen) atoms. The number of benzene rings is 2. The predicted molar refractivity (Wildman–Crippen MR) is 122 cm³/mol. The molecule has 2 aromatic rings. The Hall–Kier alpha value is -1.94. The average Bonchev–Trinajstić information content (AvgIpc) is 2.75. The third-order valence-electron chi connectivity index (χ3n) is 4.66. The number of ether oxygens (including phenoxy) is 2. The summed E-state index contributed by atoms with van der Waals surface area (Å²) in [5.74, 6) is 1.68. The summed E-state index contributed by atoms with van der Waals surface area (Å²) in [5.41, 5.74) is 0.685. The van der Waals surface area contributed by atoms with E-state index in [2.05, 4.69) is 13.8 Å². The van der Waals surface area contributed by atoms with Gasteiger partial charge in [0.2, 0.25) is 5.12 Å². The van der Waals surface area contributed by atoms with Crippen molar-refractivity contribution in [1.82, 2.24) is 0 Å².